The lowest BCUT2D eigenvalue weighted by Gasteiger charge is -2.24. The van der Waals surface area contributed by atoms with Gasteiger partial charge in [0.1, 0.15) is 0 Å². The summed E-state index contributed by atoms with van der Waals surface area (Å²) in [6.07, 6.45) is 5.55. The topological polar surface area (TPSA) is 70.2 Å². The normalized spacial score (nSPS) is 20.9. The Morgan fingerprint density at radius 3 is 2.30 bits per heavy atom. The van der Waals surface area contributed by atoms with Crippen LogP contribution in [0.25, 0.3) is 0 Å². The Balaban J connectivity index is 0.000000166. The fourth-order valence-corrected chi connectivity index (χ4v) is 3.58. The smallest absolute Gasteiger partial charge is 0.226 e. The van der Waals surface area contributed by atoms with Crippen LogP contribution in [0.4, 0.5) is 5.69 Å². The molecule has 3 aliphatic heterocycles. The first-order valence-corrected chi connectivity index (χ1v) is 8.63. The Morgan fingerprint density at radius 1 is 0.913 bits per heavy atom. The Morgan fingerprint density at radius 2 is 1.65 bits per heavy atom. The van der Waals surface area contributed by atoms with E-state index in [2.05, 4.69) is 34.1 Å². The molecule has 0 unspecified atom stereocenters. The molecule has 0 aliphatic carbocycles. The molecule has 3 aliphatic rings. The minimum Gasteiger partial charge on any atom is -0.384 e. The molecular weight excluding hydrogens is 290 g/mol. The quantitative estimate of drug-likeness (QED) is 0.693. The zero-order valence-corrected chi connectivity index (χ0v) is 13.5. The summed E-state index contributed by atoms with van der Waals surface area (Å²) in [4.78, 5) is 20.7. The Kier molecular flexibility index (Phi) is 5.28. The molecule has 0 saturated carbocycles. The third-order valence-corrected chi connectivity index (χ3v) is 4.77. The average Bonchev–Trinajstić information content (AvgIpc) is 3.04. The van der Waals surface area contributed by atoms with Crippen LogP contribution in [-0.2, 0) is 16.0 Å². The summed E-state index contributed by atoms with van der Waals surface area (Å²) in [6, 6.07) is 6.75. The number of carbonyl (C=O) groups is 2. The molecule has 0 atom stereocenters. The molecule has 5 nitrogen and oxygen atoms in total. The van der Waals surface area contributed by atoms with Gasteiger partial charge in [-0.2, -0.15) is 0 Å². The van der Waals surface area contributed by atoms with Gasteiger partial charge in [0.25, 0.3) is 0 Å². The van der Waals surface area contributed by atoms with Crippen molar-refractivity contribution in [2.45, 2.75) is 44.4 Å². The number of nitrogens with one attached hydrogen (secondary N) is 3. The third kappa shape index (κ3) is 4.10. The van der Waals surface area contributed by atoms with Crippen LogP contribution in [0.15, 0.2) is 18.2 Å². The zero-order chi connectivity index (χ0) is 16.1. The standard InChI is InChI=1S/C13H18N2.C5H7NO2/c1-2-11(10-4-7-14-8-5-10)12-6-9-15-13(12)3-1;7-4-2-1-3-5(8)6-4/h1-3,10,14-15H,4-9H2;1-3H2,(H,6,7,8). The highest BCUT2D eigenvalue weighted by molar-refractivity contribution is 5.97. The zero-order valence-electron chi connectivity index (χ0n) is 13.5. The lowest BCUT2D eigenvalue weighted by atomic mass is 9.86. The van der Waals surface area contributed by atoms with E-state index in [1.807, 2.05) is 0 Å². The van der Waals surface area contributed by atoms with Gasteiger partial charge in [-0.05, 0) is 61.9 Å². The predicted molar refractivity (Wildman–Crippen MR) is 90.5 cm³/mol. The number of benzene rings is 1. The largest absolute Gasteiger partial charge is 0.384 e. The van der Waals surface area contributed by atoms with Crippen LogP contribution in [-0.4, -0.2) is 31.4 Å². The number of fused-ring (bicyclic) bond motifs is 1. The minimum atomic E-state index is -0.138. The Hall–Kier alpha value is -1.88. The van der Waals surface area contributed by atoms with Crippen LogP contribution < -0.4 is 16.0 Å². The molecule has 1 aromatic carbocycles. The first-order chi connectivity index (χ1) is 11.2. The van der Waals surface area contributed by atoms with E-state index in [1.165, 1.54) is 38.0 Å². The Bertz CT molecular complexity index is 566. The first kappa shape index (κ1) is 16.0. The summed E-state index contributed by atoms with van der Waals surface area (Å²) >= 11 is 0. The monoisotopic (exact) mass is 315 g/mol. The number of amides is 2. The second-order valence-electron chi connectivity index (χ2n) is 6.40. The van der Waals surface area contributed by atoms with Crippen molar-refractivity contribution in [3.8, 4) is 0 Å². The molecule has 2 amide bonds. The van der Waals surface area contributed by atoms with Gasteiger partial charge in [0.15, 0.2) is 0 Å². The number of piperidine rings is 2. The van der Waals surface area contributed by atoms with E-state index < -0.39 is 0 Å². The molecule has 0 radical (unpaired) electrons. The van der Waals surface area contributed by atoms with Crippen molar-refractivity contribution in [2.75, 3.05) is 25.0 Å². The van der Waals surface area contributed by atoms with Crippen LogP contribution in [0.3, 0.4) is 0 Å². The van der Waals surface area contributed by atoms with Crippen molar-refractivity contribution >= 4 is 17.5 Å². The van der Waals surface area contributed by atoms with Crippen LogP contribution in [0.1, 0.15) is 49.1 Å². The molecule has 5 heteroatoms. The Labute approximate surface area is 137 Å². The third-order valence-electron chi connectivity index (χ3n) is 4.77. The van der Waals surface area contributed by atoms with E-state index in [0.717, 1.165) is 12.5 Å². The van der Waals surface area contributed by atoms with E-state index in [0.29, 0.717) is 19.3 Å². The predicted octanol–water partition coefficient (Wildman–Crippen LogP) is 1.93. The molecule has 0 spiro atoms. The van der Waals surface area contributed by atoms with Gasteiger partial charge in [0, 0.05) is 25.1 Å². The van der Waals surface area contributed by atoms with Gasteiger partial charge in [0.2, 0.25) is 11.8 Å². The van der Waals surface area contributed by atoms with Crippen molar-refractivity contribution in [1.29, 1.82) is 0 Å². The summed E-state index contributed by atoms with van der Waals surface area (Å²) in [5.41, 5.74) is 4.58. The number of imide groups is 1. The second-order valence-corrected chi connectivity index (χ2v) is 6.40. The maximum atomic E-state index is 10.3. The van der Waals surface area contributed by atoms with Crippen LogP contribution in [0.2, 0.25) is 0 Å². The van der Waals surface area contributed by atoms with Gasteiger partial charge in [-0.25, -0.2) is 0 Å². The number of hydrogen-bond acceptors (Lipinski definition) is 4. The van der Waals surface area contributed by atoms with Crippen molar-refractivity contribution in [1.82, 2.24) is 10.6 Å². The van der Waals surface area contributed by atoms with Gasteiger partial charge in [-0.3, -0.25) is 14.9 Å². The first-order valence-electron chi connectivity index (χ1n) is 8.63. The maximum Gasteiger partial charge on any atom is 0.226 e. The number of rotatable bonds is 1. The summed E-state index contributed by atoms with van der Waals surface area (Å²) in [6.45, 7) is 3.49. The van der Waals surface area contributed by atoms with Gasteiger partial charge in [-0.1, -0.05) is 12.1 Å². The highest BCUT2D eigenvalue weighted by Crippen LogP contribution is 2.34. The van der Waals surface area contributed by atoms with Gasteiger partial charge < -0.3 is 10.6 Å². The lowest BCUT2D eigenvalue weighted by molar-refractivity contribution is -0.132. The number of carbonyl (C=O) groups excluding carboxylic acids is 2. The molecule has 4 rings (SSSR count). The molecule has 2 saturated heterocycles. The minimum absolute atomic E-state index is 0.138. The van der Waals surface area contributed by atoms with Crippen LogP contribution in [0.5, 0.6) is 0 Å². The fraction of sp³-hybridized carbons (Fsp3) is 0.556. The van der Waals surface area contributed by atoms with Crippen molar-refractivity contribution in [3.63, 3.8) is 0 Å². The van der Waals surface area contributed by atoms with E-state index in [4.69, 9.17) is 0 Å². The lowest BCUT2D eigenvalue weighted by Crippen LogP contribution is -2.33. The molecule has 2 fully saturated rings. The van der Waals surface area contributed by atoms with E-state index >= 15 is 0 Å². The molecule has 0 aromatic heterocycles. The SMILES string of the molecule is O=C1CCCC(=O)N1.c1cc2c(c(C3CCNCC3)c1)CCN2. The van der Waals surface area contributed by atoms with E-state index in [9.17, 15) is 9.59 Å². The fourth-order valence-electron chi connectivity index (χ4n) is 3.58. The summed E-state index contributed by atoms with van der Waals surface area (Å²) in [5, 5.41) is 9.10. The maximum absolute atomic E-state index is 10.3. The molecule has 0 bridgehead atoms. The van der Waals surface area contributed by atoms with Crippen molar-refractivity contribution in [3.05, 3.63) is 29.3 Å². The number of hydrogen-bond donors (Lipinski definition) is 3. The summed E-state index contributed by atoms with van der Waals surface area (Å²) < 4.78 is 0. The molecule has 1 aromatic rings. The summed E-state index contributed by atoms with van der Waals surface area (Å²) in [5.74, 6) is 0.517. The molecule has 124 valence electrons. The second kappa shape index (κ2) is 7.59. The van der Waals surface area contributed by atoms with Gasteiger partial charge in [0.05, 0.1) is 0 Å². The van der Waals surface area contributed by atoms with E-state index in [1.54, 1.807) is 11.1 Å². The highest BCUT2D eigenvalue weighted by Gasteiger charge is 2.21. The highest BCUT2D eigenvalue weighted by atomic mass is 16.2. The summed E-state index contributed by atoms with van der Waals surface area (Å²) in [7, 11) is 0. The van der Waals surface area contributed by atoms with E-state index in [-0.39, 0.29) is 11.8 Å². The number of anilines is 1. The van der Waals surface area contributed by atoms with Crippen LogP contribution in [0, 0.1) is 0 Å². The average molecular weight is 315 g/mol. The van der Waals surface area contributed by atoms with Gasteiger partial charge >= 0.3 is 0 Å². The molecule has 3 N–H and O–H groups in total. The van der Waals surface area contributed by atoms with Crippen LogP contribution >= 0.6 is 0 Å². The van der Waals surface area contributed by atoms with Gasteiger partial charge in [-0.15, -0.1) is 0 Å². The van der Waals surface area contributed by atoms with Crippen molar-refractivity contribution < 1.29 is 9.59 Å². The molecule has 3 heterocycles. The van der Waals surface area contributed by atoms with Crippen molar-refractivity contribution in [2.24, 2.45) is 0 Å². The molecular formula is C18H25N3O2. The molecule has 23 heavy (non-hydrogen) atoms.